The number of aliphatic carboxylic acids is 2. The van der Waals surface area contributed by atoms with Crippen LogP contribution in [0.1, 0.15) is 35.4 Å². The van der Waals surface area contributed by atoms with Crippen LogP contribution >= 0.6 is 11.6 Å². The number of carboxylic acids is 2. The van der Waals surface area contributed by atoms with E-state index in [0.717, 1.165) is 49.0 Å². The third-order valence-corrected chi connectivity index (χ3v) is 9.89. The van der Waals surface area contributed by atoms with Gasteiger partial charge in [0.15, 0.2) is 5.03 Å². The van der Waals surface area contributed by atoms with Crippen LogP contribution < -0.4 is 4.74 Å². The van der Waals surface area contributed by atoms with E-state index in [9.17, 15) is 32.6 Å². The Morgan fingerprint density at radius 1 is 1.20 bits per heavy atom. The molecule has 0 radical (unpaired) electrons. The van der Waals surface area contributed by atoms with Gasteiger partial charge in [0.2, 0.25) is 0 Å². The number of sulfonamides is 1. The minimum absolute atomic E-state index is 0.0265. The Morgan fingerprint density at radius 3 is 2.59 bits per heavy atom. The number of nitrogens with zero attached hydrogens (tertiary/aromatic N) is 4. The number of carboxylic acid groups (broad SMARTS) is 2. The topological polar surface area (TPSA) is 142 Å². The van der Waals surface area contributed by atoms with Crippen LogP contribution in [0.3, 0.4) is 0 Å². The first-order valence-corrected chi connectivity index (χ1v) is 15.9. The van der Waals surface area contributed by atoms with Crippen LogP contribution in [0.4, 0.5) is 4.39 Å². The maximum Gasteiger partial charge on any atom is 0.353 e. The second kappa shape index (κ2) is 13.0. The van der Waals surface area contributed by atoms with Gasteiger partial charge in [-0.25, -0.2) is 19.0 Å². The van der Waals surface area contributed by atoms with E-state index in [-0.39, 0.29) is 18.6 Å². The SMILES string of the molecule is Cn1cnc(S(=O)(=O)N(CCOc2ccc3c(c2)C(Cc2cc(F)cc(Cl)c2)C(N2CCC2)CC3)/C(=C\C(=O)O)C(=O)O)c1. The lowest BCUT2D eigenvalue weighted by molar-refractivity contribution is -0.136. The normalized spacial score (nSPS) is 18.8. The van der Waals surface area contributed by atoms with Crippen LogP contribution in [0.5, 0.6) is 5.75 Å². The fourth-order valence-corrected chi connectivity index (χ4v) is 7.55. The fraction of sp³-hybridized carbons (Fsp3) is 0.367. The van der Waals surface area contributed by atoms with E-state index < -0.39 is 45.0 Å². The first-order valence-electron chi connectivity index (χ1n) is 14.1. The van der Waals surface area contributed by atoms with E-state index in [1.807, 2.05) is 12.1 Å². The van der Waals surface area contributed by atoms with E-state index in [1.165, 1.54) is 29.2 Å². The zero-order valence-electron chi connectivity index (χ0n) is 23.9. The Labute approximate surface area is 259 Å². The monoisotopic (exact) mass is 646 g/mol. The minimum atomic E-state index is -4.54. The average molecular weight is 647 g/mol. The van der Waals surface area contributed by atoms with Crippen molar-refractivity contribution in [1.82, 2.24) is 18.8 Å². The highest BCUT2D eigenvalue weighted by Gasteiger charge is 2.36. The van der Waals surface area contributed by atoms with Gasteiger partial charge in [-0.3, -0.25) is 9.21 Å². The zero-order chi connectivity index (χ0) is 31.6. The summed E-state index contributed by atoms with van der Waals surface area (Å²) in [7, 11) is -3.00. The van der Waals surface area contributed by atoms with Crippen molar-refractivity contribution in [3.05, 3.63) is 88.2 Å². The molecular formula is C30H32ClFN4O7S. The van der Waals surface area contributed by atoms with Crippen LogP contribution in [-0.4, -0.2) is 81.6 Å². The number of hydrogen-bond donors (Lipinski definition) is 2. The highest BCUT2D eigenvalue weighted by atomic mass is 35.5. The molecule has 0 spiro atoms. The van der Waals surface area contributed by atoms with Crippen molar-refractivity contribution >= 4 is 33.6 Å². The number of fused-ring (bicyclic) bond motifs is 1. The van der Waals surface area contributed by atoms with Gasteiger partial charge in [-0.05, 0) is 85.8 Å². The zero-order valence-corrected chi connectivity index (χ0v) is 25.5. The predicted octanol–water partition coefficient (Wildman–Crippen LogP) is 3.68. The predicted molar refractivity (Wildman–Crippen MR) is 159 cm³/mol. The maximum absolute atomic E-state index is 14.2. The van der Waals surface area contributed by atoms with Crippen LogP contribution in [0.15, 0.2) is 65.7 Å². The number of rotatable bonds is 12. The number of aromatic nitrogens is 2. The summed E-state index contributed by atoms with van der Waals surface area (Å²) in [5.41, 5.74) is 2.01. The quantitative estimate of drug-likeness (QED) is 0.282. The van der Waals surface area contributed by atoms with Gasteiger partial charge in [-0.15, -0.1) is 0 Å². The molecule has 3 aromatic rings. The number of ether oxygens (including phenoxy) is 1. The minimum Gasteiger partial charge on any atom is -0.492 e. The van der Waals surface area contributed by atoms with Gasteiger partial charge in [-0.1, -0.05) is 17.7 Å². The number of benzene rings is 2. The van der Waals surface area contributed by atoms with E-state index in [0.29, 0.717) is 27.6 Å². The second-order valence-corrected chi connectivity index (χ2v) is 13.2. The number of halogens is 2. The van der Waals surface area contributed by atoms with Crippen molar-refractivity contribution in [2.24, 2.45) is 7.05 Å². The van der Waals surface area contributed by atoms with Crippen molar-refractivity contribution in [3.63, 3.8) is 0 Å². The van der Waals surface area contributed by atoms with Crippen molar-refractivity contribution in [1.29, 1.82) is 0 Å². The summed E-state index contributed by atoms with van der Waals surface area (Å²) in [5, 5.41) is 18.8. The molecule has 2 atom stereocenters. The summed E-state index contributed by atoms with van der Waals surface area (Å²) in [6.45, 7) is 1.21. The Morgan fingerprint density at radius 2 is 1.98 bits per heavy atom. The van der Waals surface area contributed by atoms with Crippen molar-refractivity contribution in [2.75, 3.05) is 26.2 Å². The summed E-state index contributed by atoms with van der Waals surface area (Å²) >= 11 is 6.16. The first kappa shape index (κ1) is 31.5. The molecule has 0 bridgehead atoms. The summed E-state index contributed by atoms with van der Waals surface area (Å²) in [4.78, 5) is 29.6. The Balaban J connectivity index is 1.41. The second-order valence-electron chi connectivity index (χ2n) is 10.9. The molecule has 234 valence electrons. The van der Waals surface area contributed by atoms with Gasteiger partial charge >= 0.3 is 11.9 Å². The molecule has 14 heteroatoms. The third-order valence-electron chi connectivity index (χ3n) is 7.98. The average Bonchev–Trinajstić information content (AvgIpc) is 3.36. The Hall–Kier alpha value is -3.94. The summed E-state index contributed by atoms with van der Waals surface area (Å²) in [6.07, 6.45) is 6.24. The standard InChI is InChI=1S/C30H32ClFN4O7S/c1-34-17-28(33-18-34)44(41,42)36(27(30(39)40)16-29(37)38)9-10-43-23-5-3-20-4-6-26(35-7-2-8-35)25(24(20)15-23)13-19-11-21(31)14-22(32)12-19/h3,5,11-12,14-18,25-26H,2,4,6-10,13H2,1H3,(H,37,38)(H,39,40)/b27-16-. The van der Waals surface area contributed by atoms with Crippen LogP contribution in [0.25, 0.3) is 0 Å². The van der Waals surface area contributed by atoms with Crippen LogP contribution in [0, 0.1) is 5.82 Å². The van der Waals surface area contributed by atoms with E-state index in [4.69, 9.17) is 16.3 Å². The lowest BCUT2D eigenvalue weighted by Gasteiger charge is -2.45. The van der Waals surface area contributed by atoms with Gasteiger partial charge in [-0.2, -0.15) is 8.42 Å². The molecule has 2 heterocycles. The molecule has 11 nitrogen and oxygen atoms in total. The molecule has 0 saturated carbocycles. The molecule has 1 saturated heterocycles. The molecule has 2 aliphatic rings. The molecule has 0 amide bonds. The number of imidazole rings is 1. The Kier molecular flexibility index (Phi) is 9.28. The molecule has 1 aliphatic heterocycles. The molecule has 1 fully saturated rings. The molecular weight excluding hydrogens is 615 g/mol. The molecule has 2 unspecified atom stereocenters. The maximum atomic E-state index is 14.2. The van der Waals surface area contributed by atoms with E-state index in [1.54, 1.807) is 19.2 Å². The molecule has 1 aliphatic carbocycles. The van der Waals surface area contributed by atoms with Crippen molar-refractivity contribution in [2.45, 2.75) is 42.7 Å². The van der Waals surface area contributed by atoms with Crippen molar-refractivity contribution < 1.29 is 37.3 Å². The lowest BCUT2D eigenvalue weighted by Crippen LogP contribution is -2.49. The lowest BCUT2D eigenvalue weighted by atomic mass is 9.75. The van der Waals surface area contributed by atoms with Gasteiger partial charge < -0.3 is 19.5 Å². The molecule has 44 heavy (non-hydrogen) atoms. The van der Waals surface area contributed by atoms with Crippen LogP contribution in [0.2, 0.25) is 5.02 Å². The third kappa shape index (κ3) is 6.90. The van der Waals surface area contributed by atoms with Gasteiger partial charge in [0, 0.05) is 30.2 Å². The summed E-state index contributed by atoms with van der Waals surface area (Å²) in [6, 6.07) is 10.4. The summed E-state index contributed by atoms with van der Waals surface area (Å²) in [5.74, 6) is -3.30. The Bertz CT molecular complexity index is 1690. The number of carbonyl (C=O) groups is 2. The van der Waals surface area contributed by atoms with Crippen molar-refractivity contribution in [3.8, 4) is 5.75 Å². The summed E-state index contributed by atoms with van der Waals surface area (Å²) < 4.78 is 48.7. The molecule has 5 rings (SSSR count). The molecule has 2 aromatic carbocycles. The molecule has 1 aromatic heterocycles. The van der Waals surface area contributed by atoms with Crippen LogP contribution in [-0.2, 0) is 39.5 Å². The first-order chi connectivity index (χ1) is 20.9. The van der Waals surface area contributed by atoms with Gasteiger partial charge in [0.05, 0.1) is 18.9 Å². The smallest absolute Gasteiger partial charge is 0.353 e. The highest BCUT2D eigenvalue weighted by Crippen LogP contribution is 2.40. The fourth-order valence-electron chi connectivity index (χ4n) is 5.89. The largest absolute Gasteiger partial charge is 0.492 e. The van der Waals surface area contributed by atoms with Gasteiger partial charge in [0.25, 0.3) is 10.0 Å². The van der Waals surface area contributed by atoms with E-state index >= 15 is 0 Å². The number of likely N-dealkylation sites (tertiary alicyclic amines) is 1. The number of hydrogen-bond acceptors (Lipinski definition) is 7. The number of aryl methyl sites for hydroxylation is 2. The van der Waals surface area contributed by atoms with E-state index in [2.05, 4.69) is 9.88 Å². The molecule has 2 N–H and O–H groups in total. The van der Waals surface area contributed by atoms with Gasteiger partial charge in [0.1, 0.15) is 23.9 Å². The highest BCUT2D eigenvalue weighted by molar-refractivity contribution is 7.89.